The minimum absolute atomic E-state index is 0.257. The Labute approximate surface area is 145 Å². The highest BCUT2D eigenvalue weighted by atomic mass is 32.2. The number of nitrogens with one attached hydrogen (secondary N) is 1. The Kier molecular flexibility index (Phi) is 4.47. The minimum atomic E-state index is -3.74. The number of benzene rings is 1. The Morgan fingerprint density at radius 1 is 1.17 bits per heavy atom. The van der Waals surface area contributed by atoms with Gasteiger partial charge in [0.1, 0.15) is 4.90 Å². The van der Waals surface area contributed by atoms with E-state index in [1.165, 1.54) is 17.5 Å². The van der Waals surface area contributed by atoms with Crippen LogP contribution in [0, 0.1) is 13.8 Å². The molecule has 0 unspecified atom stereocenters. The van der Waals surface area contributed by atoms with E-state index < -0.39 is 10.0 Å². The second-order valence-corrected chi connectivity index (χ2v) is 8.46. The molecule has 0 aliphatic rings. The molecule has 1 N–H and O–H groups in total. The van der Waals surface area contributed by atoms with Crippen molar-refractivity contribution in [2.24, 2.45) is 0 Å². The molecule has 0 aliphatic carbocycles. The number of aromatic nitrogens is 1. The van der Waals surface area contributed by atoms with Crippen molar-refractivity contribution in [1.82, 2.24) is 5.16 Å². The fourth-order valence-corrected chi connectivity index (χ4v) is 5.71. The van der Waals surface area contributed by atoms with E-state index in [1.807, 2.05) is 32.0 Å². The lowest BCUT2D eigenvalue weighted by molar-refractivity contribution is 0.431. The highest BCUT2D eigenvalue weighted by molar-refractivity contribution is 7.93. The van der Waals surface area contributed by atoms with Gasteiger partial charge < -0.3 is 4.52 Å². The van der Waals surface area contributed by atoms with Crippen LogP contribution in [0.1, 0.15) is 22.2 Å². The van der Waals surface area contributed by atoms with Gasteiger partial charge in [0.2, 0.25) is 0 Å². The predicted octanol–water partition coefficient (Wildman–Crippen LogP) is 4.38. The number of hydrogen-bond acceptors (Lipinski definition) is 5. The molecule has 24 heavy (non-hydrogen) atoms. The number of nitrogens with zero attached hydrogens (tertiary/aromatic N) is 1. The van der Waals surface area contributed by atoms with Crippen molar-refractivity contribution in [1.29, 1.82) is 0 Å². The van der Waals surface area contributed by atoms with Crippen LogP contribution in [0.25, 0.3) is 11.3 Å². The van der Waals surface area contributed by atoms with Gasteiger partial charge in [-0.1, -0.05) is 30.3 Å². The first-order valence-electron chi connectivity index (χ1n) is 7.55. The first-order chi connectivity index (χ1) is 11.4. The molecule has 2 heterocycles. The fraction of sp³-hybridized carbons (Fsp3) is 0.235. The Morgan fingerprint density at radius 3 is 2.58 bits per heavy atom. The number of aryl methyl sites for hydroxylation is 3. The number of hydrogen-bond donors (Lipinski definition) is 1. The maximum atomic E-state index is 13.1. The minimum Gasteiger partial charge on any atom is -0.356 e. The monoisotopic (exact) mass is 362 g/mol. The quantitative estimate of drug-likeness (QED) is 0.731. The summed E-state index contributed by atoms with van der Waals surface area (Å²) in [6.45, 7) is 5.68. The van der Waals surface area contributed by atoms with Crippen LogP contribution < -0.4 is 4.72 Å². The largest absolute Gasteiger partial charge is 0.356 e. The summed E-state index contributed by atoms with van der Waals surface area (Å²) in [6.07, 6.45) is 2.26. The number of sulfonamides is 1. The van der Waals surface area contributed by atoms with E-state index in [-0.39, 0.29) is 4.90 Å². The predicted molar refractivity (Wildman–Crippen MR) is 95.9 cm³/mol. The lowest BCUT2D eigenvalue weighted by Gasteiger charge is -2.12. The molecule has 0 radical (unpaired) electrons. The van der Waals surface area contributed by atoms with E-state index in [0.717, 1.165) is 21.7 Å². The number of anilines is 1. The zero-order chi connectivity index (χ0) is 17.3. The van der Waals surface area contributed by atoms with Gasteiger partial charge in [0, 0.05) is 15.8 Å². The smallest absolute Gasteiger partial charge is 0.263 e. The van der Waals surface area contributed by atoms with Gasteiger partial charge in [0.15, 0.2) is 5.76 Å². The number of thiophene rings is 1. The summed E-state index contributed by atoms with van der Waals surface area (Å²) in [5, 5.41) is 3.70. The van der Waals surface area contributed by atoms with Crippen molar-refractivity contribution in [3.8, 4) is 11.3 Å². The van der Waals surface area contributed by atoms with Gasteiger partial charge in [0.25, 0.3) is 10.0 Å². The number of rotatable bonds is 5. The van der Waals surface area contributed by atoms with Gasteiger partial charge >= 0.3 is 0 Å². The average molecular weight is 362 g/mol. The number of para-hydroxylation sites is 1. The SMILES string of the molecule is CCc1ccccc1NS(=O)(=O)c1c(C)sc(C)c1-c1ccno1. The van der Waals surface area contributed by atoms with Gasteiger partial charge in [-0.3, -0.25) is 4.72 Å². The topological polar surface area (TPSA) is 72.2 Å². The molecule has 3 aromatic rings. The molecule has 7 heteroatoms. The van der Waals surface area contributed by atoms with Crippen LogP contribution >= 0.6 is 11.3 Å². The summed E-state index contributed by atoms with van der Waals surface area (Å²) in [5.41, 5.74) is 2.13. The van der Waals surface area contributed by atoms with Crippen LogP contribution in [0.2, 0.25) is 0 Å². The van der Waals surface area contributed by atoms with E-state index in [1.54, 1.807) is 19.1 Å². The van der Waals surface area contributed by atoms with E-state index in [0.29, 0.717) is 17.0 Å². The molecule has 2 aromatic heterocycles. The van der Waals surface area contributed by atoms with Gasteiger partial charge in [-0.15, -0.1) is 11.3 Å². The normalized spacial score (nSPS) is 11.6. The summed E-state index contributed by atoms with van der Waals surface area (Å²) in [6, 6.07) is 9.09. The van der Waals surface area contributed by atoms with Crippen LogP contribution in [-0.2, 0) is 16.4 Å². The van der Waals surface area contributed by atoms with E-state index in [9.17, 15) is 8.42 Å². The maximum absolute atomic E-state index is 13.1. The summed E-state index contributed by atoms with van der Waals surface area (Å²) >= 11 is 1.43. The first kappa shape index (κ1) is 16.7. The van der Waals surface area contributed by atoms with Crippen LogP contribution in [-0.4, -0.2) is 13.6 Å². The standard InChI is InChI=1S/C17H18N2O3S2/c1-4-13-7-5-6-8-14(13)19-24(20,21)17-12(3)23-11(2)16(17)15-9-10-18-22-15/h5-10,19H,4H2,1-3H3. The Bertz CT molecular complexity index is 958. The highest BCUT2D eigenvalue weighted by Gasteiger charge is 2.28. The third-order valence-corrected chi connectivity index (χ3v) is 6.49. The van der Waals surface area contributed by atoms with Crippen LogP contribution in [0.4, 0.5) is 5.69 Å². The van der Waals surface area contributed by atoms with Gasteiger partial charge in [-0.05, 0) is 31.9 Å². The Balaban J connectivity index is 2.11. The van der Waals surface area contributed by atoms with E-state index in [2.05, 4.69) is 9.88 Å². The third-order valence-electron chi connectivity index (χ3n) is 3.80. The molecule has 126 valence electrons. The molecule has 0 amide bonds. The lowest BCUT2D eigenvalue weighted by Crippen LogP contribution is -2.15. The van der Waals surface area contributed by atoms with Gasteiger partial charge in [-0.2, -0.15) is 0 Å². The molecule has 0 bridgehead atoms. The second kappa shape index (κ2) is 6.41. The second-order valence-electron chi connectivity index (χ2n) is 5.41. The summed E-state index contributed by atoms with van der Waals surface area (Å²) in [7, 11) is -3.74. The zero-order valence-corrected chi connectivity index (χ0v) is 15.3. The Hall–Kier alpha value is -2.12. The molecule has 1 aromatic carbocycles. The van der Waals surface area contributed by atoms with Crippen LogP contribution in [0.3, 0.4) is 0 Å². The Morgan fingerprint density at radius 2 is 1.92 bits per heavy atom. The first-order valence-corrected chi connectivity index (χ1v) is 9.85. The van der Waals surface area contributed by atoms with Crippen molar-refractivity contribution < 1.29 is 12.9 Å². The fourth-order valence-electron chi connectivity index (χ4n) is 2.74. The molecule has 3 rings (SSSR count). The van der Waals surface area contributed by atoms with Crippen molar-refractivity contribution >= 4 is 27.0 Å². The van der Waals surface area contributed by atoms with Crippen molar-refractivity contribution in [3.63, 3.8) is 0 Å². The molecule has 0 saturated heterocycles. The molecule has 0 saturated carbocycles. The molecule has 0 spiro atoms. The van der Waals surface area contributed by atoms with Crippen LogP contribution in [0.15, 0.2) is 45.9 Å². The van der Waals surface area contributed by atoms with Gasteiger partial charge in [0.05, 0.1) is 17.4 Å². The molecule has 0 aliphatic heterocycles. The lowest BCUT2D eigenvalue weighted by atomic mass is 10.1. The van der Waals surface area contributed by atoms with Gasteiger partial charge in [-0.25, -0.2) is 8.42 Å². The van der Waals surface area contributed by atoms with E-state index in [4.69, 9.17) is 4.52 Å². The van der Waals surface area contributed by atoms with Crippen molar-refractivity contribution in [2.75, 3.05) is 4.72 Å². The average Bonchev–Trinajstić information content (AvgIpc) is 3.14. The molecular formula is C17H18N2O3S2. The summed E-state index contributed by atoms with van der Waals surface area (Å²) in [5.74, 6) is 0.459. The zero-order valence-electron chi connectivity index (χ0n) is 13.7. The molecular weight excluding hydrogens is 344 g/mol. The summed E-state index contributed by atoms with van der Waals surface area (Å²) in [4.78, 5) is 1.86. The highest BCUT2D eigenvalue weighted by Crippen LogP contribution is 2.39. The molecule has 0 atom stereocenters. The molecule has 5 nitrogen and oxygen atoms in total. The summed E-state index contributed by atoms with van der Waals surface area (Å²) < 4.78 is 34.0. The maximum Gasteiger partial charge on any atom is 0.263 e. The molecule has 0 fully saturated rings. The van der Waals surface area contributed by atoms with Crippen LogP contribution in [0.5, 0.6) is 0 Å². The van der Waals surface area contributed by atoms with Crippen molar-refractivity contribution in [2.45, 2.75) is 32.1 Å². The van der Waals surface area contributed by atoms with E-state index >= 15 is 0 Å². The third kappa shape index (κ3) is 2.97. The van der Waals surface area contributed by atoms with Crippen molar-refractivity contribution in [3.05, 3.63) is 51.8 Å².